The van der Waals surface area contributed by atoms with Crippen molar-refractivity contribution < 1.29 is 19.5 Å². The summed E-state index contributed by atoms with van der Waals surface area (Å²) >= 11 is 0. The van der Waals surface area contributed by atoms with Gasteiger partial charge in [-0.05, 0) is 5.56 Å². The fourth-order valence-electron chi connectivity index (χ4n) is 1.45. The number of carbonyl (C=O) groups excluding carboxylic acids is 2. The van der Waals surface area contributed by atoms with Gasteiger partial charge in [-0.15, -0.1) is 0 Å². The van der Waals surface area contributed by atoms with E-state index in [1.54, 1.807) is 24.3 Å². The van der Waals surface area contributed by atoms with E-state index >= 15 is 0 Å². The first-order valence-corrected chi connectivity index (χ1v) is 5.09. The molecule has 0 aromatic heterocycles. The Morgan fingerprint density at radius 1 is 1.24 bits per heavy atom. The van der Waals surface area contributed by atoms with E-state index in [2.05, 4.69) is 5.32 Å². The molecule has 90 valence electrons. The quantitative estimate of drug-likeness (QED) is 0.723. The largest absolute Gasteiger partial charge is 0.475 e. The van der Waals surface area contributed by atoms with Crippen molar-refractivity contribution in [3.05, 3.63) is 35.9 Å². The molecule has 0 heterocycles. The molecule has 17 heavy (non-hydrogen) atoms. The minimum atomic E-state index is -1.54. The number of Topliss-reactive ketones (excluding diaryl/α,β-unsaturated/α-hetero) is 1. The lowest BCUT2D eigenvalue weighted by Gasteiger charge is -2.14. The smallest absolute Gasteiger partial charge is 0.374 e. The maximum atomic E-state index is 11.4. The van der Waals surface area contributed by atoms with Gasteiger partial charge >= 0.3 is 5.97 Å². The number of benzene rings is 1. The van der Waals surface area contributed by atoms with Crippen LogP contribution in [0.25, 0.3) is 0 Å². The van der Waals surface area contributed by atoms with Gasteiger partial charge < -0.3 is 10.4 Å². The van der Waals surface area contributed by atoms with E-state index in [-0.39, 0.29) is 6.42 Å². The van der Waals surface area contributed by atoms with Gasteiger partial charge in [0.15, 0.2) is 0 Å². The number of carboxylic acid groups (broad SMARTS) is 1. The molecule has 0 saturated heterocycles. The molecular weight excluding hydrogens is 222 g/mol. The van der Waals surface area contributed by atoms with Crippen LogP contribution in [0.3, 0.4) is 0 Å². The van der Waals surface area contributed by atoms with Crippen LogP contribution in [0.1, 0.15) is 12.5 Å². The summed E-state index contributed by atoms with van der Waals surface area (Å²) in [4.78, 5) is 32.9. The highest BCUT2D eigenvalue weighted by Gasteiger charge is 2.25. The molecule has 0 fully saturated rings. The molecule has 0 aliphatic carbocycles. The molecule has 1 rings (SSSR count). The summed E-state index contributed by atoms with van der Waals surface area (Å²) in [5.41, 5.74) is 0.792. The van der Waals surface area contributed by atoms with Crippen LogP contribution >= 0.6 is 0 Å². The van der Waals surface area contributed by atoms with Crippen LogP contribution in [-0.2, 0) is 20.8 Å². The average Bonchev–Trinajstić information content (AvgIpc) is 2.28. The molecule has 0 bridgehead atoms. The van der Waals surface area contributed by atoms with Gasteiger partial charge in [-0.3, -0.25) is 9.59 Å². The minimum absolute atomic E-state index is 0.172. The second-order valence-electron chi connectivity index (χ2n) is 3.61. The second kappa shape index (κ2) is 5.79. The first-order chi connectivity index (χ1) is 8.00. The van der Waals surface area contributed by atoms with E-state index in [9.17, 15) is 14.4 Å². The summed E-state index contributed by atoms with van der Waals surface area (Å²) in [6.07, 6.45) is 0.172. The number of ketones is 1. The molecule has 0 radical (unpaired) electrons. The maximum absolute atomic E-state index is 11.4. The highest BCUT2D eigenvalue weighted by Crippen LogP contribution is 2.04. The Kier molecular flexibility index (Phi) is 4.39. The number of hydrogen-bond acceptors (Lipinski definition) is 3. The Balaban J connectivity index is 2.81. The van der Waals surface area contributed by atoms with E-state index in [1.165, 1.54) is 6.92 Å². The Labute approximate surface area is 98.4 Å². The summed E-state index contributed by atoms with van der Waals surface area (Å²) in [5.74, 6) is -2.98. The Bertz CT molecular complexity index is 427. The second-order valence-corrected chi connectivity index (χ2v) is 3.61. The predicted octanol–water partition coefficient (Wildman–Crippen LogP) is 0.387. The van der Waals surface area contributed by atoms with Crippen molar-refractivity contribution in [2.75, 3.05) is 0 Å². The number of aliphatic carboxylic acids is 1. The lowest BCUT2D eigenvalue weighted by Crippen LogP contribution is -2.44. The molecule has 1 atom stereocenters. The molecule has 0 aliphatic heterocycles. The third-order valence-corrected chi connectivity index (χ3v) is 2.19. The standard InChI is InChI=1S/C12H13NO4/c1-8(14)13-10(11(15)12(16)17)7-9-5-3-2-4-6-9/h2-6,10H,7H2,1H3,(H,13,14)(H,16,17). The van der Waals surface area contributed by atoms with Gasteiger partial charge in [-0.25, -0.2) is 4.79 Å². The van der Waals surface area contributed by atoms with E-state index in [1.807, 2.05) is 6.07 Å². The van der Waals surface area contributed by atoms with Gasteiger partial charge in [0.25, 0.3) is 5.78 Å². The summed E-state index contributed by atoms with van der Waals surface area (Å²) in [7, 11) is 0. The molecule has 0 aliphatic rings. The first kappa shape index (κ1) is 12.9. The van der Waals surface area contributed by atoms with Crippen LogP contribution in [0.4, 0.5) is 0 Å². The van der Waals surface area contributed by atoms with E-state index in [0.29, 0.717) is 0 Å². The lowest BCUT2D eigenvalue weighted by atomic mass is 10.0. The van der Waals surface area contributed by atoms with E-state index in [4.69, 9.17) is 5.11 Å². The maximum Gasteiger partial charge on any atom is 0.374 e. The third kappa shape index (κ3) is 4.06. The van der Waals surface area contributed by atoms with Crippen LogP contribution in [0.15, 0.2) is 30.3 Å². The lowest BCUT2D eigenvalue weighted by molar-refractivity contribution is -0.150. The monoisotopic (exact) mass is 235 g/mol. The number of amides is 1. The molecule has 0 spiro atoms. The van der Waals surface area contributed by atoms with Crippen LogP contribution in [0.2, 0.25) is 0 Å². The van der Waals surface area contributed by atoms with Crippen LogP contribution in [0.5, 0.6) is 0 Å². The van der Waals surface area contributed by atoms with Gasteiger partial charge in [0, 0.05) is 13.3 Å². The van der Waals surface area contributed by atoms with Gasteiger partial charge in [-0.1, -0.05) is 30.3 Å². The van der Waals surface area contributed by atoms with Crippen molar-refractivity contribution in [1.29, 1.82) is 0 Å². The molecule has 1 aromatic carbocycles. The Morgan fingerprint density at radius 3 is 2.29 bits per heavy atom. The van der Waals surface area contributed by atoms with Crippen molar-refractivity contribution >= 4 is 17.7 Å². The zero-order valence-electron chi connectivity index (χ0n) is 9.34. The zero-order valence-corrected chi connectivity index (χ0v) is 9.34. The molecule has 1 amide bonds. The topological polar surface area (TPSA) is 83.5 Å². The van der Waals surface area contributed by atoms with Crippen molar-refractivity contribution in [3.63, 3.8) is 0 Å². The van der Waals surface area contributed by atoms with Gasteiger partial charge in [0.2, 0.25) is 5.91 Å². The number of hydrogen-bond donors (Lipinski definition) is 2. The SMILES string of the molecule is CC(=O)NC(Cc1ccccc1)C(=O)C(=O)O. The minimum Gasteiger partial charge on any atom is -0.475 e. The number of carbonyl (C=O) groups is 3. The molecular formula is C12H13NO4. The highest BCUT2D eigenvalue weighted by atomic mass is 16.4. The van der Waals surface area contributed by atoms with Crippen molar-refractivity contribution in [2.45, 2.75) is 19.4 Å². The molecule has 2 N–H and O–H groups in total. The molecule has 1 aromatic rings. The fourth-order valence-corrected chi connectivity index (χ4v) is 1.45. The number of carboxylic acids is 1. The predicted molar refractivity (Wildman–Crippen MR) is 60.4 cm³/mol. The number of rotatable bonds is 5. The number of nitrogens with one attached hydrogen (secondary N) is 1. The first-order valence-electron chi connectivity index (χ1n) is 5.09. The Morgan fingerprint density at radius 2 is 1.82 bits per heavy atom. The van der Waals surface area contributed by atoms with Crippen molar-refractivity contribution in [2.24, 2.45) is 0 Å². The highest BCUT2D eigenvalue weighted by molar-refractivity contribution is 6.35. The zero-order chi connectivity index (χ0) is 12.8. The average molecular weight is 235 g/mol. The summed E-state index contributed by atoms with van der Waals surface area (Å²) in [5, 5.41) is 11.0. The van der Waals surface area contributed by atoms with Gasteiger partial charge in [0.05, 0.1) is 0 Å². The van der Waals surface area contributed by atoms with Gasteiger partial charge in [0.1, 0.15) is 6.04 Å². The van der Waals surface area contributed by atoms with E-state index in [0.717, 1.165) is 5.56 Å². The molecule has 1 unspecified atom stereocenters. The van der Waals surface area contributed by atoms with Crippen LogP contribution < -0.4 is 5.32 Å². The van der Waals surface area contributed by atoms with Gasteiger partial charge in [-0.2, -0.15) is 0 Å². The molecule has 5 heteroatoms. The fraction of sp³-hybridized carbons (Fsp3) is 0.250. The van der Waals surface area contributed by atoms with E-state index < -0.39 is 23.7 Å². The normalized spacial score (nSPS) is 11.6. The summed E-state index contributed by atoms with van der Waals surface area (Å²) < 4.78 is 0. The third-order valence-electron chi connectivity index (χ3n) is 2.19. The van der Waals surface area contributed by atoms with Crippen molar-refractivity contribution in [3.8, 4) is 0 Å². The molecule has 5 nitrogen and oxygen atoms in total. The Hall–Kier alpha value is -2.17. The van der Waals surface area contributed by atoms with Crippen LogP contribution in [0, 0.1) is 0 Å². The summed E-state index contributed by atoms with van der Waals surface area (Å²) in [6.45, 7) is 1.24. The van der Waals surface area contributed by atoms with Crippen molar-refractivity contribution in [1.82, 2.24) is 5.32 Å². The molecule has 0 saturated carbocycles. The summed E-state index contributed by atoms with van der Waals surface area (Å²) in [6, 6.07) is 7.90. The van der Waals surface area contributed by atoms with Crippen LogP contribution in [-0.4, -0.2) is 28.8 Å².